The average molecular weight is 841 g/mol. The van der Waals surface area contributed by atoms with Gasteiger partial charge in [-0.1, -0.05) is 190 Å². The van der Waals surface area contributed by atoms with Crippen LogP contribution in [0.5, 0.6) is 0 Å². The maximum atomic E-state index is 2.53. The van der Waals surface area contributed by atoms with Crippen molar-refractivity contribution >= 4 is 38.9 Å². The first-order valence-corrected chi connectivity index (χ1v) is 23.2. The lowest BCUT2D eigenvalue weighted by atomic mass is 9.70. The highest BCUT2D eigenvalue weighted by molar-refractivity contribution is 6.10. The first kappa shape index (κ1) is 37.2. The molecule has 11 aromatic rings. The zero-order valence-electron chi connectivity index (χ0n) is 36.8. The van der Waals surface area contributed by atoms with E-state index in [1.54, 1.807) is 0 Å². The van der Waals surface area contributed by atoms with Crippen LogP contribution in [0.15, 0.2) is 231 Å². The summed E-state index contributed by atoms with van der Waals surface area (Å²) in [6.07, 6.45) is 0. The van der Waals surface area contributed by atoms with Gasteiger partial charge in [-0.2, -0.15) is 0 Å². The van der Waals surface area contributed by atoms with Crippen LogP contribution in [-0.4, -0.2) is 4.57 Å². The molecule has 0 saturated carbocycles. The third-order valence-corrected chi connectivity index (χ3v) is 15.2. The molecule has 2 heteroatoms. The zero-order valence-corrected chi connectivity index (χ0v) is 36.8. The molecule has 2 nitrogen and oxygen atoms in total. The number of hydrogen-bond acceptors (Lipinski definition) is 1. The number of rotatable bonds is 5. The van der Waals surface area contributed by atoms with Crippen LogP contribution in [0.25, 0.3) is 72.0 Å². The topological polar surface area (TPSA) is 8.17 Å². The maximum Gasteiger partial charge on any atom is 0.0727 e. The largest absolute Gasteiger partial charge is 0.310 e. The van der Waals surface area contributed by atoms with E-state index in [1.165, 1.54) is 105 Å². The van der Waals surface area contributed by atoms with Gasteiger partial charge in [0.25, 0.3) is 0 Å². The molecule has 0 saturated heterocycles. The molecule has 10 aromatic carbocycles. The van der Waals surface area contributed by atoms with Gasteiger partial charge in [0.05, 0.1) is 22.1 Å². The van der Waals surface area contributed by atoms with E-state index in [-0.39, 0.29) is 5.41 Å². The number of anilines is 3. The normalized spacial score (nSPS) is 14.2. The third-order valence-electron chi connectivity index (χ3n) is 15.2. The molecule has 1 spiro atoms. The molecule has 310 valence electrons. The molecule has 0 amide bonds. The van der Waals surface area contributed by atoms with Crippen molar-refractivity contribution in [3.63, 3.8) is 0 Å². The Balaban J connectivity index is 1.05. The fourth-order valence-corrected chi connectivity index (χ4v) is 12.4. The molecule has 1 aromatic heterocycles. The molecule has 0 radical (unpaired) electrons. The summed E-state index contributed by atoms with van der Waals surface area (Å²) in [6, 6.07) is 86.3. The summed E-state index contributed by atoms with van der Waals surface area (Å²) < 4.78 is 2.51. The summed E-state index contributed by atoms with van der Waals surface area (Å²) in [7, 11) is 0. The summed E-state index contributed by atoms with van der Waals surface area (Å²) in [5.41, 5.74) is 24.6. The standard InChI is InChI=1S/C64H44N2/c1-63(2)53-24-11-6-19-46(53)49-37-35-44(39-57(49)63)65(43-33-31-42(32-34-43)41-17-4-3-5-18-41)45-36-38-52-58(40-45)64(54-25-12-7-20-47(54)48-21-8-13-26-55(48)64)56-27-16-30-61(62(52)56)66-59-28-14-9-22-50(59)51-23-10-15-29-60(51)66/h3-40H,1-2H3. The van der Waals surface area contributed by atoms with E-state index in [4.69, 9.17) is 0 Å². The van der Waals surface area contributed by atoms with Gasteiger partial charge in [0.1, 0.15) is 0 Å². The van der Waals surface area contributed by atoms with E-state index < -0.39 is 5.41 Å². The molecule has 66 heavy (non-hydrogen) atoms. The Labute approximate surface area is 385 Å². The second-order valence-corrected chi connectivity index (χ2v) is 18.8. The lowest BCUT2D eigenvalue weighted by Crippen LogP contribution is -2.26. The summed E-state index contributed by atoms with van der Waals surface area (Å²) in [5.74, 6) is 0. The number of fused-ring (bicyclic) bond motifs is 16. The first-order chi connectivity index (χ1) is 32.5. The molecule has 0 fully saturated rings. The lowest BCUT2D eigenvalue weighted by molar-refractivity contribution is 0.660. The van der Waals surface area contributed by atoms with Gasteiger partial charge in [0, 0.05) is 38.8 Å². The van der Waals surface area contributed by atoms with Crippen molar-refractivity contribution < 1.29 is 0 Å². The Morgan fingerprint density at radius 2 is 0.803 bits per heavy atom. The van der Waals surface area contributed by atoms with Crippen molar-refractivity contribution in [1.82, 2.24) is 4.57 Å². The molecule has 14 rings (SSSR count). The SMILES string of the molecule is CC1(C)c2ccccc2-c2ccc(N(c3ccc(-c4ccccc4)cc3)c3ccc4c(c3)C3(c5ccccc5-c5ccccc53)c3cccc(-n5c6ccccc6c6ccccc65)c3-4)cc21. The third kappa shape index (κ3) is 4.91. The smallest absolute Gasteiger partial charge is 0.0727 e. The van der Waals surface area contributed by atoms with Crippen LogP contribution in [0.3, 0.4) is 0 Å². The minimum atomic E-state index is -0.549. The molecular weight excluding hydrogens is 797 g/mol. The van der Waals surface area contributed by atoms with Crippen molar-refractivity contribution in [3.05, 3.63) is 264 Å². The predicted molar refractivity (Wildman–Crippen MR) is 275 cm³/mol. The Morgan fingerprint density at radius 3 is 1.45 bits per heavy atom. The molecule has 3 aliphatic carbocycles. The second-order valence-electron chi connectivity index (χ2n) is 18.8. The summed E-state index contributed by atoms with van der Waals surface area (Å²) in [4.78, 5) is 2.49. The van der Waals surface area contributed by atoms with Crippen LogP contribution in [0, 0.1) is 0 Å². The minimum Gasteiger partial charge on any atom is -0.310 e. The second kappa shape index (κ2) is 13.7. The van der Waals surface area contributed by atoms with Crippen LogP contribution < -0.4 is 4.90 Å². The Hall–Kier alpha value is -8.20. The Morgan fingerprint density at radius 1 is 0.333 bits per heavy atom. The van der Waals surface area contributed by atoms with Crippen LogP contribution >= 0.6 is 0 Å². The van der Waals surface area contributed by atoms with Gasteiger partial charge < -0.3 is 9.47 Å². The lowest BCUT2D eigenvalue weighted by Gasteiger charge is -2.32. The van der Waals surface area contributed by atoms with Gasteiger partial charge in [-0.25, -0.2) is 0 Å². The first-order valence-electron chi connectivity index (χ1n) is 23.2. The highest BCUT2D eigenvalue weighted by atomic mass is 15.1. The van der Waals surface area contributed by atoms with Gasteiger partial charge in [-0.3, -0.25) is 0 Å². The van der Waals surface area contributed by atoms with Gasteiger partial charge in [-0.05, 0) is 127 Å². The number of benzene rings is 10. The average Bonchev–Trinajstić information content (AvgIpc) is 4.05. The maximum absolute atomic E-state index is 2.53. The van der Waals surface area contributed by atoms with Crippen molar-refractivity contribution in [3.8, 4) is 50.2 Å². The van der Waals surface area contributed by atoms with Crippen LogP contribution in [0.2, 0.25) is 0 Å². The van der Waals surface area contributed by atoms with Crippen molar-refractivity contribution in [2.45, 2.75) is 24.7 Å². The van der Waals surface area contributed by atoms with Crippen LogP contribution in [-0.2, 0) is 10.8 Å². The number of aromatic nitrogens is 1. The molecule has 0 bridgehead atoms. The van der Waals surface area contributed by atoms with E-state index in [2.05, 4.69) is 254 Å². The number of hydrogen-bond donors (Lipinski definition) is 0. The summed E-state index contributed by atoms with van der Waals surface area (Å²) in [5, 5.41) is 2.53. The highest BCUT2D eigenvalue weighted by Crippen LogP contribution is 2.64. The fourth-order valence-electron chi connectivity index (χ4n) is 12.4. The molecule has 1 heterocycles. The number of para-hydroxylation sites is 2. The van der Waals surface area contributed by atoms with Gasteiger partial charge >= 0.3 is 0 Å². The van der Waals surface area contributed by atoms with Crippen molar-refractivity contribution in [1.29, 1.82) is 0 Å². The quantitative estimate of drug-likeness (QED) is 0.168. The monoisotopic (exact) mass is 840 g/mol. The summed E-state index contributed by atoms with van der Waals surface area (Å²) >= 11 is 0. The zero-order chi connectivity index (χ0) is 43.7. The van der Waals surface area contributed by atoms with E-state index in [0.717, 1.165) is 17.1 Å². The van der Waals surface area contributed by atoms with E-state index in [9.17, 15) is 0 Å². The van der Waals surface area contributed by atoms with Gasteiger partial charge in [0.15, 0.2) is 0 Å². The van der Waals surface area contributed by atoms with Crippen LogP contribution in [0.1, 0.15) is 47.2 Å². The van der Waals surface area contributed by atoms with Gasteiger partial charge in [0.2, 0.25) is 0 Å². The Bertz CT molecular complexity index is 3690. The fraction of sp³-hybridized carbons (Fsp3) is 0.0625. The molecule has 0 N–H and O–H groups in total. The predicted octanol–water partition coefficient (Wildman–Crippen LogP) is 16.6. The number of nitrogens with zero attached hydrogens (tertiary/aromatic N) is 2. The Kier molecular flexibility index (Phi) is 7.70. The highest BCUT2D eigenvalue weighted by Gasteiger charge is 2.52. The molecule has 0 unspecified atom stereocenters. The molecule has 0 aliphatic heterocycles. The van der Waals surface area contributed by atoms with Crippen molar-refractivity contribution in [2.75, 3.05) is 4.90 Å². The van der Waals surface area contributed by atoms with E-state index in [1.807, 2.05) is 0 Å². The van der Waals surface area contributed by atoms with Crippen molar-refractivity contribution in [2.24, 2.45) is 0 Å². The van der Waals surface area contributed by atoms with Crippen LogP contribution in [0.4, 0.5) is 17.1 Å². The summed E-state index contributed by atoms with van der Waals surface area (Å²) in [6.45, 7) is 4.75. The molecular formula is C64H44N2. The molecule has 3 aliphatic rings. The van der Waals surface area contributed by atoms with Gasteiger partial charge in [-0.15, -0.1) is 0 Å². The minimum absolute atomic E-state index is 0.144. The van der Waals surface area contributed by atoms with E-state index >= 15 is 0 Å². The molecule has 0 atom stereocenters. The van der Waals surface area contributed by atoms with E-state index in [0.29, 0.717) is 0 Å².